The van der Waals surface area contributed by atoms with Crippen LogP contribution in [0, 0.1) is 0 Å². The van der Waals surface area contributed by atoms with Gasteiger partial charge < -0.3 is 15.2 Å². The molecule has 0 saturated carbocycles. The predicted molar refractivity (Wildman–Crippen MR) is 110 cm³/mol. The van der Waals surface area contributed by atoms with Crippen molar-refractivity contribution in [2.24, 2.45) is 5.73 Å². The van der Waals surface area contributed by atoms with Gasteiger partial charge in [-0.2, -0.15) is 0 Å². The van der Waals surface area contributed by atoms with Gasteiger partial charge >= 0.3 is 0 Å². The van der Waals surface area contributed by atoms with Crippen LogP contribution < -0.4 is 10.5 Å². The van der Waals surface area contributed by atoms with E-state index in [4.69, 9.17) is 15.2 Å². The molecule has 3 rings (SSSR count). The number of ether oxygens (including phenoxy) is 2. The van der Waals surface area contributed by atoms with E-state index in [9.17, 15) is 0 Å². The normalized spacial score (nSPS) is 13.1. The number of methoxy groups -OCH3 is 1. The molecule has 3 aromatic carbocycles. The van der Waals surface area contributed by atoms with Crippen molar-refractivity contribution in [1.29, 1.82) is 0 Å². The maximum Gasteiger partial charge on any atom is 0.119 e. The van der Waals surface area contributed by atoms with Crippen LogP contribution in [0.2, 0.25) is 0 Å². The van der Waals surface area contributed by atoms with Crippen LogP contribution in [0.3, 0.4) is 0 Å². The van der Waals surface area contributed by atoms with Crippen molar-refractivity contribution in [1.82, 2.24) is 0 Å². The van der Waals surface area contributed by atoms with Gasteiger partial charge in [0.1, 0.15) is 12.4 Å². The van der Waals surface area contributed by atoms with Crippen LogP contribution >= 0.6 is 0 Å². The molecular weight excluding hydrogens is 334 g/mol. The lowest BCUT2D eigenvalue weighted by Gasteiger charge is -2.16. The van der Waals surface area contributed by atoms with E-state index in [-0.39, 0.29) is 6.04 Å². The topological polar surface area (TPSA) is 44.5 Å². The van der Waals surface area contributed by atoms with E-state index in [2.05, 4.69) is 43.3 Å². The zero-order valence-electron chi connectivity index (χ0n) is 16.0. The first-order valence-corrected chi connectivity index (χ1v) is 9.28. The summed E-state index contributed by atoms with van der Waals surface area (Å²) in [5.41, 5.74) is 11.0. The highest BCUT2D eigenvalue weighted by atomic mass is 16.5. The fourth-order valence-corrected chi connectivity index (χ4v) is 3.08. The second-order valence-electron chi connectivity index (χ2n) is 6.84. The summed E-state index contributed by atoms with van der Waals surface area (Å²) in [5.74, 6) is 1.22. The third kappa shape index (κ3) is 5.19. The largest absolute Gasteiger partial charge is 0.489 e. The molecule has 0 aliphatic carbocycles. The third-order valence-corrected chi connectivity index (χ3v) is 4.77. The molecule has 27 heavy (non-hydrogen) atoms. The number of hydrogen-bond acceptors (Lipinski definition) is 3. The van der Waals surface area contributed by atoms with E-state index < -0.39 is 0 Å². The van der Waals surface area contributed by atoms with Crippen LogP contribution in [0.25, 0.3) is 0 Å². The highest BCUT2D eigenvalue weighted by Crippen LogP contribution is 2.24. The van der Waals surface area contributed by atoms with Gasteiger partial charge in [0.05, 0.1) is 12.6 Å². The van der Waals surface area contributed by atoms with Crippen LogP contribution in [0.1, 0.15) is 41.1 Å². The lowest BCUT2D eigenvalue weighted by atomic mass is 9.95. The number of rotatable bonds is 8. The second kappa shape index (κ2) is 9.36. The van der Waals surface area contributed by atoms with Crippen LogP contribution in [-0.2, 0) is 11.3 Å². The van der Waals surface area contributed by atoms with Gasteiger partial charge in [-0.15, -0.1) is 0 Å². The Hall–Kier alpha value is -2.62. The maximum atomic E-state index is 6.45. The molecule has 2 unspecified atom stereocenters. The zero-order valence-corrected chi connectivity index (χ0v) is 16.0. The van der Waals surface area contributed by atoms with Gasteiger partial charge in [-0.05, 0) is 34.4 Å². The Morgan fingerprint density at radius 1 is 0.778 bits per heavy atom. The summed E-state index contributed by atoms with van der Waals surface area (Å²) < 4.78 is 11.1. The standard InChI is InChI=1S/C24H27NO2/c1-18(16-26-2)20-8-10-21(11-9-20)24(25)22-12-14-23(15-13-22)27-17-19-6-4-3-5-7-19/h3-15,18,24H,16-17,25H2,1-2H3. The Morgan fingerprint density at radius 2 is 1.33 bits per heavy atom. The molecule has 0 saturated heterocycles. The Labute approximate surface area is 161 Å². The van der Waals surface area contributed by atoms with Crippen molar-refractivity contribution in [3.8, 4) is 5.75 Å². The van der Waals surface area contributed by atoms with Crippen LogP contribution in [0.4, 0.5) is 0 Å². The molecule has 0 aliphatic rings. The minimum Gasteiger partial charge on any atom is -0.489 e. The van der Waals surface area contributed by atoms with Crippen molar-refractivity contribution in [3.63, 3.8) is 0 Å². The molecule has 0 bridgehead atoms. The van der Waals surface area contributed by atoms with Crippen molar-refractivity contribution in [3.05, 3.63) is 101 Å². The predicted octanol–water partition coefficient (Wildman–Crippen LogP) is 5.06. The average molecular weight is 361 g/mol. The van der Waals surface area contributed by atoms with E-state index in [0.717, 1.165) is 29.0 Å². The summed E-state index contributed by atoms with van der Waals surface area (Å²) in [6, 6.07) is 26.5. The summed E-state index contributed by atoms with van der Waals surface area (Å²) in [4.78, 5) is 0. The summed E-state index contributed by atoms with van der Waals surface area (Å²) in [5, 5.41) is 0. The number of nitrogens with two attached hydrogens (primary N) is 1. The van der Waals surface area contributed by atoms with E-state index in [1.54, 1.807) is 7.11 Å². The minimum absolute atomic E-state index is 0.153. The highest BCUT2D eigenvalue weighted by molar-refractivity contribution is 5.36. The Morgan fingerprint density at radius 3 is 1.93 bits per heavy atom. The van der Waals surface area contributed by atoms with Crippen molar-refractivity contribution in [2.75, 3.05) is 13.7 Å². The van der Waals surface area contributed by atoms with E-state index in [1.807, 2.05) is 42.5 Å². The quantitative estimate of drug-likeness (QED) is 0.610. The first kappa shape index (κ1) is 19.2. The highest BCUT2D eigenvalue weighted by Gasteiger charge is 2.11. The van der Waals surface area contributed by atoms with Gasteiger partial charge in [-0.25, -0.2) is 0 Å². The SMILES string of the molecule is COCC(C)c1ccc(C(N)c2ccc(OCc3ccccc3)cc2)cc1. The summed E-state index contributed by atoms with van der Waals surface area (Å²) >= 11 is 0. The first-order chi connectivity index (χ1) is 13.2. The Kier molecular flexibility index (Phi) is 6.64. The van der Waals surface area contributed by atoms with Crippen molar-refractivity contribution < 1.29 is 9.47 Å². The van der Waals surface area contributed by atoms with Gasteiger partial charge in [0.2, 0.25) is 0 Å². The monoisotopic (exact) mass is 361 g/mol. The summed E-state index contributed by atoms with van der Waals surface area (Å²) in [7, 11) is 1.73. The minimum atomic E-state index is -0.153. The van der Waals surface area contributed by atoms with Crippen molar-refractivity contribution >= 4 is 0 Å². The maximum absolute atomic E-state index is 6.45. The number of benzene rings is 3. The van der Waals surface area contributed by atoms with Gasteiger partial charge in [0.15, 0.2) is 0 Å². The molecule has 3 heteroatoms. The Bertz CT molecular complexity index is 813. The fraction of sp³-hybridized carbons (Fsp3) is 0.250. The van der Waals surface area contributed by atoms with Crippen LogP contribution in [-0.4, -0.2) is 13.7 Å². The van der Waals surface area contributed by atoms with Gasteiger partial charge in [-0.3, -0.25) is 0 Å². The van der Waals surface area contributed by atoms with Crippen LogP contribution in [0.5, 0.6) is 5.75 Å². The number of hydrogen-bond donors (Lipinski definition) is 1. The first-order valence-electron chi connectivity index (χ1n) is 9.28. The van der Waals surface area contributed by atoms with E-state index in [0.29, 0.717) is 12.5 Å². The summed E-state index contributed by atoms with van der Waals surface area (Å²) in [6.07, 6.45) is 0. The molecule has 0 aliphatic heterocycles. The zero-order chi connectivity index (χ0) is 19.1. The van der Waals surface area contributed by atoms with Gasteiger partial charge in [0.25, 0.3) is 0 Å². The lowest BCUT2D eigenvalue weighted by molar-refractivity contribution is 0.184. The molecule has 0 aromatic heterocycles. The van der Waals surface area contributed by atoms with Gasteiger partial charge in [0, 0.05) is 13.0 Å². The summed E-state index contributed by atoms with van der Waals surface area (Å²) in [6.45, 7) is 3.44. The van der Waals surface area contributed by atoms with Gasteiger partial charge in [-0.1, -0.05) is 73.7 Å². The molecule has 2 atom stereocenters. The fourth-order valence-electron chi connectivity index (χ4n) is 3.08. The molecule has 2 N–H and O–H groups in total. The second-order valence-corrected chi connectivity index (χ2v) is 6.84. The molecule has 0 fully saturated rings. The average Bonchev–Trinajstić information content (AvgIpc) is 2.73. The lowest BCUT2D eigenvalue weighted by Crippen LogP contribution is -2.12. The molecule has 0 amide bonds. The molecule has 0 spiro atoms. The molecule has 3 nitrogen and oxygen atoms in total. The molecular formula is C24H27NO2. The van der Waals surface area contributed by atoms with Crippen LogP contribution in [0.15, 0.2) is 78.9 Å². The Balaban J connectivity index is 1.62. The molecule has 0 heterocycles. The van der Waals surface area contributed by atoms with Crippen molar-refractivity contribution in [2.45, 2.75) is 25.5 Å². The smallest absolute Gasteiger partial charge is 0.119 e. The van der Waals surface area contributed by atoms with E-state index in [1.165, 1.54) is 5.56 Å². The molecule has 3 aromatic rings. The van der Waals surface area contributed by atoms with E-state index >= 15 is 0 Å². The molecule has 0 radical (unpaired) electrons. The molecule has 140 valence electrons. The third-order valence-electron chi connectivity index (χ3n) is 4.77.